The number of fused-ring (bicyclic) bond motifs is 4. The first kappa shape index (κ1) is 16.8. The molecule has 5 aliphatic rings. The number of carbonyl (C=O) groups excluding carboxylic acids is 1. The number of hydrogen-bond donors (Lipinski definition) is 1. The maximum absolute atomic E-state index is 12.6. The second kappa shape index (κ2) is 6.90. The number of rotatable bonds is 3. The van der Waals surface area contributed by atoms with Gasteiger partial charge in [0.15, 0.2) is 5.79 Å². The second-order valence-electron chi connectivity index (χ2n) is 8.10. The van der Waals surface area contributed by atoms with E-state index < -0.39 is 0 Å². The fourth-order valence-corrected chi connectivity index (χ4v) is 4.61. The first-order chi connectivity index (χ1) is 11.6. The molecule has 2 bridgehead atoms. The van der Waals surface area contributed by atoms with E-state index in [1.54, 1.807) is 0 Å². The van der Waals surface area contributed by atoms with Crippen LogP contribution in [0, 0.1) is 5.92 Å². The average Bonchev–Trinajstić information content (AvgIpc) is 2.76. The molecule has 5 fully saturated rings. The van der Waals surface area contributed by atoms with E-state index in [-0.39, 0.29) is 23.8 Å². The highest BCUT2D eigenvalue weighted by atomic mass is 16.7. The van der Waals surface area contributed by atoms with Crippen molar-refractivity contribution in [2.75, 3.05) is 45.9 Å². The summed E-state index contributed by atoms with van der Waals surface area (Å²) in [4.78, 5) is 17.4. The lowest BCUT2D eigenvalue weighted by molar-refractivity contribution is -0.191. The summed E-state index contributed by atoms with van der Waals surface area (Å²) < 4.78 is 12.2. The zero-order valence-corrected chi connectivity index (χ0v) is 14.8. The molecule has 1 N–H and O–H groups in total. The third kappa shape index (κ3) is 3.47. The Bertz CT molecular complexity index is 460. The molecule has 6 heteroatoms. The molecule has 24 heavy (non-hydrogen) atoms. The molecule has 1 spiro atoms. The Labute approximate surface area is 144 Å². The lowest BCUT2D eigenvalue weighted by Gasteiger charge is -2.36. The van der Waals surface area contributed by atoms with Gasteiger partial charge in [-0.3, -0.25) is 14.6 Å². The van der Waals surface area contributed by atoms with E-state index in [2.05, 4.69) is 22.0 Å². The van der Waals surface area contributed by atoms with E-state index in [1.807, 2.05) is 0 Å². The van der Waals surface area contributed by atoms with Crippen LogP contribution in [0.25, 0.3) is 0 Å². The van der Waals surface area contributed by atoms with Crippen LogP contribution in [0.5, 0.6) is 0 Å². The van der Waals surface area contributed by atoms with Gasteiger partial charge in [-0.15, -0.1) is 0 Å². The van der Waals surface area contributed by atoms with E-state index in [0.29, 0.717) is 13.2 Å². The van der Waals surface area contributed by atoms with Crippen LogP contribution in [-0.2, 0) is 14.3 Å². The summed E-state index contributed by atoms with van der Waals surface area (Å²) in [5.74, 6) is 0.568. The number of piperazine rings is 1. The largest absolute Gasteiger partial charge is 0.352 e. The first-order valence-corrected chi connectivity index (χ1v) is 9.69. The van der Waals surface area contributed by atoms with Crippen LogP contribution in [0.4, 0.5) is 0 Å². The molecule has 0 aromatic carbocycles. The van der Waals surface area contributed by atoms with Crippen molar-refractivity contribution in [2.45, 2.75) is 57.0 Å². The molecule has 4 aliphatic heterocycles. The predicted molar refractivity (Wildman–Crippen MR) is 90.6 cm³/mol. The normalized spacial score (nSPS) is 45.3. The van der Waals surface area contributed by atoms with Gasteiger partial charge >= 0.3 is 0 Å². The Morgan fingerprint density at radius 1 is 1.21 bits per heavy atom. The number of nitrogens with one attached hydrogen (secondary N) is 1. The quantitative estimate of drug-likeness (QED) is 0.826. The lowest BCUT2D eigenvalue weighted by Crippen LogP contribution is -2.57. The molecule has 4 atom stereocenters. The zero-order chi connectivity index (χ0) is 16.6. The van der Waals surface area contributed by atoms with Crippen molar-refractivity contribution in [3.05, 3.63) is 0 Å². The van der Waals surface area contributed by atoms with Crippen molar-refractivity contribution in [1.82, 2.24) is 15.1 Å². The van der Waals surface area contributed by atoms with Crippen LogP contribution < -0.4 is 5.32 Å². The molecule has 0 aromatic rings. The van der Waals surface area contributed by atoms with Crippen molar-refractivity contribution in [1.29, 1.82) is 0 Å². The Kier molecular flexibility index (Phi) is 4.82. The van der Waals surface area contributed by atoms with Gasteiger partial charge in [0.2, 0.25) is 5.91 Å². The molecule has 4 heterocycles. The monoisotopic (exact) mass is 337 g/mol. The number of hydrogen-bond acceptors (Lipinski definition) is 5. The minimum atomic E-state index is -0.363. The van der Waals surface area contributed by atoms with Crippen LogP contribution in [0.3, 0.4) is 0 Å². The highest BCUT2D eigenvalue weighted by Crippen LogP contribution is 2.39. The first-order valence-electron chi connectivity index (χ1n) is 9.69. The Balaban J connectivity index is 1.26. The van der Waals surface area contributed by atoms with Gasteiger partial charge in [-0.05, 0) is 31.7 Å². The SMILES string of the molecule is CC1CCC2(CC1)OC[C@H](CNC(=O)[C@H]1CN3CCCN1CC3)O2. The van der Waals surface area contributed by atoms with Gasteiger partial charge in [0.1, 0.15) is 12.1 Å². The minimum absolute atomic E-state index is 0.000581. The smallest absolute Gasteiger partial charge is 0.238 e. The highest BCUT2D eigenvalue weighted by Gasteiger charge is 2.43. The molecule has 6 nitrogen and oxygen atoms in total. The summed E-state index contributed by atoms with van der Waals surface area (Å²) in [5, 5.41) is 3.13. The van der Waals surface area contributed by atoms with E-state index in [9.17, 15) is 4.79 Å². The number of carbonyl (C=O) groups is 1. The van der Waals surface area contributed by atoms with E-state index in [0.717, 1.165) is 51.5 Å². The molecule has 0 radical (unpaired) electrons. The van der Waals surface area contributed by atoms with E-state index >= 15 is 0 Å². The van der Waals surface area contributed by atoms with Gasteiger partial charge in [-0.25, -0.2) is 0 Å². The summed E-state index contributed by atoms with van der Waals surface area (Å²) in [7, 11) is 0. The van der Waals surface area contributed by atoms with Gasteiger partial charge in [-0.2, -0.15) is 0 Å². The summed E-state index contributed by atoms with van der Waals surface area (Å²) in [5.41, 5.74) is 0. The topological polar surface area (TPSA) is 54.0 Å². The second-order valence-corrected chi connectivity index (χ2v) is 8.10. The summed E-state index contributed by atoms with van der Waals surface area (Å²) in [6.45, 7) is 8.63. The third-order valence-corrected chi connectivity index (χ3v) is 6.25. The van der Waals surface area contributed by atoms with Crippen LogP contribution in [0.15, 0.2) is 0 Å². The Morgan fingerprint density at radius 3 is 2.88 bits per heavy atom. The lowest BCUT2D eigenvalue weighted by atomic mass is 9.86. The Hall–Kier alpha value is -0.690. The fraction of sp³-hybridized carbons (Fsp3) is 0.944. The van der Waals surface area contributed by atoms with Crippen LogP contribution in [0.1, 0.15) is 39.0 Å². The van der Waals surface area contributed by atoms with Crippen molar-refractivity contribution in [3.63, 3.8) is 0 Å². The number of nitrogens with zero attached hydrogens (tertiary/aromatic N) is 2. The number of amides is 1. The standard InChI is InChI=1S/C18H31N3O3/c1-14-3-5-18(6-4-14)23-13-15(24-18)11-19-17(22)16-12-20-7-2-8-21(16)10-9-20/h14-16H,2-13H2,1H3,(H,19,22)/t14?,15-,16+,18?/m0/s1. The fourth-order valence-electron chi connectivity index (χ4n) is 4.61. The maximum Gasteiger partial charge on any atom is 0.238 e. The van der Waals surface area contributed by atoms with Crippen molar-refractivity contribution in [3.8, 4) is 0 Å². The van der Waals surface area contributed by atoms with Gasteiger partial charge < -0.3 is 14.8 Å². The summed E-state index contributed by atoms with van der Waals surface area (Å²) in [6.07, 6.45) is 5.50. The van der Waals surface area contributed by atoms with Gasteiger partial charge in [0.05, 0.1) is 6.61 Å². The summed E-state index contributed by atoms with van der Waals surface area (Å²) in [6, 6.07) is 0.00746. The van der Waals surface area contributed by atoms with Gasteiger partial charge in [0, 0.05) is 45.6 Å². The molecule has 5 rings (SSSR count). The third-order valence-electron chi connectivity index (χ3n) is 6.25. The molecule has 2 unspecified atom stereocenters. The van der Waals surface area contributed by atoms with E-state index in [1.165, 1.54) is 19.3 Å². The maximum atomic E-state index is 12.6. The molecule has 1 aliphatic carbocycles. The molecule has 1 saturated carbocycles. The van der Waals surface area contributed by atoms with Crippen molar-refractivity contribution in [2.24, 2.45) is 5.92 Å². The van der Waals surface area contributed by atoms with Crippen molar-refractivity contribution >= 4 is 5.91 Å². The number of ether oxygens (including phenoxy) is 2. The van der Waals surface area contributed by atoms with Crippen LogP contribution in [0.2, 0.25) is 0 Å². The summed E-state index contributed by atoms with van der Waals surface area (Å²) >= 11 is 0. The van der Waals surface area contributed by atoms with Crippen molar-refractivity contribution < 1.29 is 14.3 Å². The van der Waals surface area contributed by atoms with Crippen LogP contribution in [-0.4, -0.2) is 79.5 Å². The molecular formula is C18H31N3O3. The predicted octanol–water partition coefficient (Wildman–Crippen LogP) is 0.814. The van der Waals surface area contributed by atoms with Crippen LogP contribution >= 0.6 is 0 Å². The molecule has 1 amide bonds. The molecule has 0 aromatic heterocycles. The average molecular weight is 337 g/mol. The zero-order valence-electron chi connectivity index (χ0n) is 14.8. The van der Waals surface area contributed by atoms with Gasteiger partial charge in [0.25, 0.3) is 0 Å². The Morgan fingerprint density at radius 2 is 2.04 bits per heavy atom. The molecular weight excluding hydrogens is 306 g/mol. The van der Waals surface area contributed by atoms with E-state index in [4.69, 9.17) is 9.47 Å². The minimum Gasteiger partial charge on any atom is -0.352 e. The molecule has 136 valence electrons. The van der Waals surface area contributed by atoms with Gasteiger partial charge in [-0.1, -0.05) is 6.92 Å². The molecule has 4 saturated heterocycles. The highest BCUT2D eigenvalue weighted by molar-refractivity contribution is 5.82.